The van der Waals surface area contributed by atoms with Crippen LogP contribution in [-0.4, -0.2) is 23.5 Å². The lowest BCUT2D eigenvalue weighted by Crippen LogP contribution is -2.20. The SMILES string of the molecule is CCOC(C)C(=O)c1ccc(C)nc1. The van der Waals surface area contributed by atoms with E-state index in [1.54, 1.807) is 19.2 Å². The number of nitrogens with zero attached hydrogens (tertiary/aromatic N) is 1. The Kier molecular flexibility index (Phi) is 3.77. The molecule has 0 aliphatic rings. The van der Waals surface area contributed by atoms with Crippen LogP contribution < -0.4 is 0 Å². The van der Waals surface area contributed by atoms with Crippen molar-refractivity contribution in [2.45, 2.75) is 26.9 Å². The van der Waals surface area contributed by atoms with E-state index in [4.69, 9.17) is 4.74 Å². The van der Waals surface area contributed by atoms with E-state index in [0.29, 0.717) is 12.2 Å². The van der Waals surface area contributed by atoms with Crippen LogP contribution in [0.1, 0.15) is 29.9 Å². The highest BCUT2D eigenvalue weighted by atomic mass is 16.5. The molecule has 0 saturated carbocycles. The van der Waals surface area contributed by atoms with Gasteiger partial charge in [-0.1, -0.05) is 0 Å². The van der Waals surface area contributed by atoms with E-state index < -0.39 is 0 Å². The molecule has 0 aromatic carbocycles. The molecule has 0 spiro atoms. The maximum atomic E-state index is 11.7. The Morgan fingerprint density at radius 3 is 2.79 bits per heavy atom. The normalized spacial score (nSPS) is 12.5. The van der Waals surface area contributed by atoms with Gasteiger partial charge in [0.1, 0.15) is 6.10 Å². The van der Waals surface area contributed by atoms with E-state index in [0.717, 1.165) is 5.69 Å². The third kappa shape index (κ3) is 2.64. The number of ether oxygens (including phenoxy) is 1. The van der Waals surface area contributed by atoms with Gasteiger partial charge in [0.05, 0.1) is 0 Å². The lowest BCUT2D eigenvalue weighted by atomic mass is 10.1. The van der Waals surface area contributed by atoms with Crippen LogP contribution in [0.5, 0.6) is 0 Å². The molecule has 0 amide bonds. The Labute approximate surface area is 84.1 Å². The largest absolute Gasteiger partial charge is 0.371 e. The molecule has 1 atom stereocenters. The zero-order valence-corrected chi connectivity index (χ0v) is 8.78. The van der Waals surface area contributed by atoms with Gasteiger partial charge in [0.25, 0.3) is 0 Å². The van der Waals surface area contributed by atoms with Crippen molar-refractivity contribution in [3.63, 3.8) is 0 Å². The maximum Gasteiger partial charge on any atom is 0.192 e. The number of hydrogen-bond donors (Lipinski definition) is 0. The Morgan fingerprint density at radius 1 is 1.57 bits per heavy atom. The first kappa shape index (κ1) is 10.9. The van der Waals surface area contributed by atoms with Gasteiger partial charge in [0.2, 0.25) is 0 Å². The number of Topliss-reactive ketones (excluding diaryl/α,β-unsaturated/α-hetero) is 1. The molecule has 1 aromatic heterocycles. The fraction of sp³-hybridized carbons (Fsp3) is 0.455. The molecule has 0 N–H and O–H groups in total. The Balaban J connectivity index is 2.74. The summed E-state index contributed by atoms with van der Waals surface area (Å²) >= 11 is 0. The van der Waals surface area contributed by atoms with Gasteiger partial charge in [-0.05, 0) is 32.9 Å². The van der Waals surface area contributed by atoms with Gasteiger partial charge in [-0.3, -0.25) is 9.78 Å². The second-order valence-electron chi connectivity index (χ2n) is 3.15. The van der Waals surface area contributed by atoms with Crippen LogP contribution in [0.15, 0.2) is 18.3 Å². The molecule has 0 fully saturated rings. The van der Waals surface area contributed by atoms with Crippen LogP contribution >= 0.6 is 0 Å². The summed E-state index contributed by atoms with van der Waals surface area (Å²) in [6.07, 6.45) is 1.21. The van der Waals surface area contributed by atoms with E-state index in [1.807, 2.05) is 19.9 Å². The summed E-state index contributed by atoms with van der Waals surface area (Å²) < 4.78 is 5.21. The Hall–Kier alpha value is -1.22. The van der Waals surface area contributed by atoms with E-state index in [-0.39, 0.29) is 11.9 Å². The number of carbonyl (C=O) groups excluding carboxylic acids is 1. The monoisotopic (exact) mass is 193 g/mol. The highest BCUT2D eigenvalue weighted by Gasteiger charge is 2.14. The first-order valence-electron chi connectivity index (χ1n) is 4.73. The van der Waals surface area contributed by atoms with Gasteiger partial charge in [-0.2, -0.15) is 0 Å². The summed E-state index contributed by atoms with van der Waals surface area (Å²) in [6.45, 7) is 6.06. The van der Waals surface area contributed by atoms with Gasteiger partial charge < -0.3 is 4.74 Å². The molecule has 76 valence electrons. The molecule has 3 nitrogen and oxygen atoms in total. The fourth-order valence-corrected chi connectivity index (χ4v) is 1.17. The third-order valence-corrected chi connectivity index (χ3v) is 1.98. The van der Waals surface area contributed by atoms with Gasteiger partial charge in [0, 0.05) is 24.1 Å². The fourth-order valence-electron chi connectivity index (χ4n) is 1.17. The molecular weight excluding hydrogens is 178 g/mol. The van der Waals surface area contributed by atoms with Crippen molar-refractivity contribution in [2.75, 3.05) is 6.61 Å². The van der Waals surface area contributed by atoms with E-state index in [2.05, 4.69) is 4.98 Å². The third-order valence-electron chi connectivity index (χ3n) is 1.98. The van der Waals surface area contributed by atoms with Gasteiger partial charge in [-0.25, -0.2) is 0 Å². The first-order chi connectivity index (χ1) is 6.65. The van der Waals surface area contributed by atoms with Crippen molar-refractivity contribution in [2.24, 2.45) is 0 Å². The van der Waals surface area contributed by atoms with Gasteiger partial charge in [-0.15, -0.1) is 0 Å². The summed E-state index contributed by atoms with van der Waals surface area (Å²) in [4.78, 5) is 15.7. The average molecular weight is 193 g/mol. The zero-order valence-electron chi connectivity index (χ0n) is 8.78. The second-order valence-corrected chi connectivity index (χ2v) is 3.15. The molecular formula is C11H15NO2. The first-order valence-corrected chi connectivity index (χ1v) is 4.73. The summed E-state index contributed by atoms with van der Waals surface area (Å²) in [7, 11) is 0. The summed E-state index contributed by atoms with van der Waals surface area (Å²) in [5.74, 6) is -0.0145. The van der Waals surface area contributed by atoms with E-state index in [1.165, 1.54) is 0 Å². The van der Waals surface area contributed by atoms with Crippen molar-refractivity contribution in [1.29, 1.82) is 0 Å². The van der Waals surface area contributed by atoms with Crippen molar-refractivity contribution < 1.29 is 9.53 Å². The molecule has 1 heterocycles. The minimum atomic E-state index is -0.385. The predicted molar refractivity (Wildman–Crippen MR) is 54.4 cm³/mol. The summed E-state index contributed by atoms with van der Waals surface area (Å²) in [6, 6.07) is 3.60. The molecule has 1 unspecified atom stereocenters. The summed E-state index contributed by atoms with van der Waals surface area (Å²) in [5, 5.41) is 0. The van der Waals surface area contributed by atoms with Crippen LogP contribution in [0.2, 0.25) is 0 Å². The van der Waals surface area contributed by atoms with Crippen LogP contribution in [0.3, 0.4) is 0 Å². The molecule has 3 heteroatoms. The van der Waals surface area contributed by atoms with Crippen molar-refractivity contribution >= 4 is 5.78 Å². The molecule has 1 rings (SSSR count). The van der Waals surface area contributed by atoms with Gasteiger partial charge in [0.15, 0.2) is 5.78 Å². The van der Waals surface area contributed by atoms with Crippen molar-refractivity contribution in [3.05, 3.63) is 29.6 Å². The van der Waals surface area contributed by atoms with E-state index in [9.17, 15) is 4.79 Å². The Bertz CT molecular complexity index is 306. The molecule has 1 aromatic rings. The van der Waals surface area contributed by atoms with Crippen molar-refractivity contribution in [1.82, 2.24) is 4.98 Å². The molecule has 0 aliphatic carbocycles. The van der Waals surface area contributed by atoms with Crippen LogP contribution in [0.4, 0.5) is 0 Å². The van der Waals surface area contributed by atoms with Crippen molar-refractivity contribution in [3.8, 4) is 0 Å². The minimum absolute atomic E-state index is 0.0145. The zero-order chi connectivity index (χ0) is 10.6. The summed E-state index contributed by atoms with van der Waals surface area (Å²) in [5.41, 5.74) is 1.52. The van der Waals surface area contributed by atoms with E-state index >= 15 is 0 Å². The smallest absolute Gasteiger partial charge is 0.192 e. The molecule has 14 heavy (non-hydrogen) atoms. The number of hydrogen-bond acceptors (Lipinski definition) is 3. The van der Waals surface area contributed by atoms with Crippen LogP contribution in [0.25, 0.3) is 0 Å². The topological polar surface area (TPSA) is 39.2 Å². The number of rotatable bonds is 4. The highest BCUT2D eigenvalue weighted by Crippen LogP contribution is 2.05. The second kappa shape index (κ2) is 4.86. The molecule has 0 radical (unpaired) electrons. The number of aryl methyl sites for hydroxylation is 1. The molecule has 0 bridgehead atoms. The minimum Gasteiger partial charge on any atom is -0.371 e. The van der Waals surface area contributed by atoms with Crippen LogP contribution in [0, 0.1) is 6.92 Å². The Morgan fingerprint density at radius 2 is 2.29 bits per heavy atom. The lowest BCUT2D eigenvalue weighted by molar-refractivity contribution is 0.0520. The highest BCUT2D eigenvalue weighted by molar-refractivity contribution is 5.98. The van der Waals surface area contributed by atoms with Gasteiger partial charge >= 0.3 is 0 Å². The number of aromatic nitrogens is 1. The lowest BCUT2D eigenvalue weighted by Gasteiger charge is -2.09. The standard InChI is InChI=1S/C11H15NO2/c1-4-14-9(3)11(13)10-6-5-8(2)12-7-10/h5-7,9H,4H2,1-3H3. The number of ketones is 1. The number of carbonyl (C=O) groups is 1. The molecule has 0 aliphatic heterocycles. The predicted octanol–water partition coefficient (Wildman–Crippen LogP) is 2.00. The number of pyridine rings is 1. The van der Waals surface area contributed by atoms with Crippen LogP contribution in [-0.2, 0) is 4.74 Å². The maximum absolute atomic E-state index is 11.7. The average Bonchev–Trinajstić information content (AvgIpc) is 2.18. The quantitative estimate of drug-likeness (QED) is 0.686. The molecule has 0 saturated heterocycles.